The minimum atomic E-state index is -4.59. The van der Waals surface area contributed by atoms with E-state index in [-0.39, 0.29) is 29.9 Å². The number of amides is 1. The molecule has 6 nitrogen and oxygen atoms in total. The van der Waals surface area contributed by atoms with Gasteiger partial charge in [0.15, 0.2) is 11.3 Å². The summed E-state index contributed by atoms with van der Waals surface area (Å²) >= 11 is 0. The Bertz CT molecular complexity index is 1000. The summed E-state index contributed by atoms with van der Waals surface area (Å²) in [6, 6.07) is 8.12. The van der Waals surface area contributed by atoms with Crippen LogP contribution < -0.4 is 9.64 Å². The molecule has 0 spiro atoms. The van der Waals surface area contributed by atoms with E-state index in [0.29, 0.717) is 36.4 Å². The summed E-state index contributed by atoms with van der Waals surface area (Å²) in [6.45, 7) is 2.15. The maximum atomic E-state index is 13.1. The second-order valence-electron chi connectivity index (χ2n) is 6.79. The predicted octanol–water partition coefficient (Wildman–Crippen LogP) is 5.02. The molecule has 1 amide bonds. The average molecular weight is 421 g/mol. The van der Waals surface area contributed by atoms with Crippen LogP contribution in [-0.4, -0.2) is 29.7 Å². The number of anilines is 1. The number of carbonyl (C=O) groups is 1. The molecule has 0 aliphatic heterocycles. The summed E-state index contributed by atoms with van der Waals surface area (Å²) in [5.74, 6) is 0.899. The molecule has 0 saturated carbocycles. The molecular formula is C21H22F3N3O3. The van der Waals surface area contributed by atoms with Gasteiger partial charge in [0.25, 0.3) is 0 Å². The fourth-order valence-corrected chi connectivity index (χ4v) is 3.12. The Kier molecular flexibility index (Phi) is 6.59. The highest BCUT2D eigenvalue weighted by Crippen LogP contribution is 2.38. The van der Waals surface area contributed by atoms with E-state index in [4.69, 9.17) is 9.26 Å². The van der Waals surface area contributed by atoms with E-state index in [1.807, 2.05) is 6.92 Å². The molecule has 0 atom stereocenters. The monoisotopic (exact) mass is 421 g/mol. The van der Waals surface area contributed by atoms with Crippen molar-refractivity contribution in [3.63, 3.8) is 0 Å². The third-order valence-electron chi connectivity index (χ3n) is 4.63. The van der Waals surface area contributed by atoms with E-state index in [9.17, 15) is 18.0 Å². The zero-order chi connectivity index (χ0) is 21.7. The van der Waals surface area contributed by atoms with Gasteiger partial charge >= 0.3 is 6.18 Å². The second kappa shape index (κ2) is 9.15. The van der Waals surface area contributed by atoms with Crippen LogP contribution >= 0.6 is 0 Å². The lowest BCUT2D eigenvalue weighted by atomic mass is 10.0. The van der Waals surface area contributed by atoms with Crippen molar-refractivity contribution < 1.29 is 27.2 Å². The summed E-state index contributed by atoms with van der Waals surface area (Å²) in [6.07, 6.45) is -1.09. The van der Waals surface area contributed by atoms with Crippen LogP contribution in [0.3, 0.4) is 0 Å². The van der Waals surface area contributed by atoms with E-state index >= 15 is 0 Å². The maximum absolute atomic E-state index is 13.1. The number of pyridine rings is 1. The fourth-order valence-electron chi connectivity index (χ4n) is 3.12. The topological polar surface area (TPSA) is 68.5 Å². The number of nitrogens with zero attached hydrogens (tertiary/aromatic N) is 3. The number of carbonyl (C=O) groups excluding carboxylic acids is 1. The molecule has 30 heavy (non-hydrogen) atoms. The van der Waals surface area contributed by atoms with Crippen molar-refractivity contribution in [2.45, 2.75) is 38.8 Å². The van der Waals surface area contributed by atoms with Crippen molar-refractivity contribution in [3.05, 3.63) is 47.8 Å². The van der Waals surface area contributed by atoms with Crippen molar-refractivity contribution in [2.24, 2.45) is 0 Å². The number of aromatic nitrogens is 2. The number of hydrogen-bond donors (Lipinski definition) is 0. The van der Waals surface area contributed by atoms with E-state index < -0.39 is 11.9 Å². The molecule has 9 heteroatoms. The van der Waals surface area contributed by atoms with Crippen LogP contribution in [0.2, 0.25) is 0 Å². The summed E-state index contributed by atoms with van der Waals surface area (Å²) in [5.41, 5.74) is -0.396. The quantitative estimate of drug-likeness (QED) is 0.478. The Morgan fingerprint density at radius 2 is 2.03 bits per heavy atom. The summed E-state index contributed by atoms with van der Waals surface area (Å²) in [4.78, 5) is 17.9. The molecule has 2 heterocycles. The fraction of sp³-hybridized carbons (Fsp3) is 0.381. The lowest BCUT2D eigenvalue weighted by Gasteiger charge is -2.16. The maximum Gasteiger partial charge on any atom is 0.437 e. The van der Waals surface area contributed by atoms with Gasteiger partial charge in [-0.2, -0.15) is 13.2 Å². The van der Waals surface area contributed by atoms with Gasteiger partial charge in [-0.25, -0.2) is 4.98 Å². The normalized spacial score (nSPS) is 11.6. The van der Waals surface area contributed by atoms with Crippen LogP contribution in [0, 0.1) is 0 Å². The van der Waals surface area contributed by atoms with E-state index in [0.717, 1.165) is 0 Å². The first-order chi connectivity index (χ1) is 14.3. The Morgan fingerprint density at radius 3 is 2.70 bits per heavy atom. The highest BCUT2D eigenvalue weighted by molar-refractivity contribution is 5.91. The van der Waals surface area contributed by atoms with Gasteiger partial charge in [0.1, 0.15) is 11.6 Å². The first kappa shape index (κ1) is 21.6. The predicted molar refractivity (Wildman–Crippen MR) is 105 cm³/mol. The zero-order valence-corrected chi connectivity index (χ0v) is 16.7. The van der Waals surface area contributed by atoms with Gasteiger partial charge in [-0.15, -0.1) is 0 Å². The number of halogens is 3. The Labute approximate surface area is 171 Å². The number of benzene rings is 1. The molecule has 0 aliphatic rings. The first-order valence-electron chi connectivity index (χ1n) is 9.61. The first-order valence-corrected chi connectivity index (χ1v) is 9.61. The largest absolute Gasteiger partial charge is 0.493 e. The van der Waals surface area contributed by atoms with Crippen molar-refractivity contribution in [1.82, 2.24) is 10.1 Å². The van der Waals surface area contributed by atoms with Crippen LogP contribution in [0.4, 0.5) is 19.0 Å². The van der Waals surface area contributed by atoms with Gasteiger partial charge in [0, 0.05) is 25.2 Å². The molecule has 0 saturated heterocycles. The number of fused-ring (bicyclic) bond motifs is 1. The van der Waals surface area contributed by atoms with Gasteiger partial charge in [0.05, 0.1) is 12.0 Å². The zero-order valence-electron chi connectivity index (χ0n) is 16.7. The van der Waals surface area contributed by atoms with Crippen molar-refractivity contribution in [1.29, 1.82) is 0 Å². The van der Waals surface area contributed by atoms with Gasteiger partial charge in [-0.1, -0.05) is 24.6 Å². The Morgan fingerprint density at radius 1 is 1.23 bits per heavy atom. The summed E-state index contributed by atoms with van der Waals surface area (Å²) in [7, 11) is 1.65. The van der Waals surface area contributed by atoms with E-state index in [2.05, 4.69) is 10.1 Å². The minimum Gasteiger partial charge on any atom is -0.493 e. The van der Waals surface area contributed by atoms with Gasteiger partial charge in [-0.3, -0.25) is 9.69 Å². The highest BCUT2D eigenvalue weighted by Gasteiger charge is 2.37. The molecule has 0 aliphatic carbocycles. The third kappa shape index (κ3) is 4.72. The summed E-state index contributed by atoms with van der Waals surface area (Å²) in [5, 5.41) is 3.13. The lowest BCUT2D eigenvalue weighted by Crippen LogP contribution is -2.27. The Hall–Kier alpha value is -3.10. The Balaban J connectivity index is 1.66. The number of ether oxygens (including phenoxy) is 1. The second-order valence-corrected chi connectivity index (χ2v) is 6.79. The lowest BCUT2D eigenvalue weighted by molar-refractivity contribution is -0.141. The van der Waals surface area contributed by atoms with Crippen molar-refractivity contribution in [2.75, 3.05) is 18.6 Å². The molecule has 3 aromatic rings. The molecule has 1 aromatic carbocycles. The molecule has 160 valence electrons. The molecule has 0 unspecified atom stereocenters. The summed E-state index contributed by atoms with van der Waals surface area (Å²) < 4.78 is 50.0. The minimum absolute atomic E-state index is 0.0783. The molecular weight excluding hydrogens is 399 g/mol. The molecule has 0 bridgehead atoms. The third-order valence-corrected chi connectivity index (χ3v) is 4.63. The van der Waals surface area contributed by atoms with Crippen LogP contribution in [0.15, 0.2) is 41.1 Å². The number of alkyl halides is 3. The molecule has 2 aromatic heterocycles. The van der Waals surface area contributed by atoms with Crippen LogP contribution in [0.1, 0.15) is 37.4 Å². The number of rotatable bonds is 8. The highest BCUT2D eigenvalue weighted by atomic mass is 19.4. The van der Waals surface area contributed by atoms with Crippen molar-refractivity contribution >= 4 is 22.7 Å². The molecule has 0 radical (unpaired) electrons. The number of hydrogen-bond acceptors (Lipinski definition) is 5. The van der Waals surface area contributed by atoms with Crippen LogP contribution in [0.25, 0.3) is 11.0 Å². The van der Waals surface area contributed by atoms with E-state index in [1.165, 1.54) is 17.0 Å². The van der Waals surface area contributed by atoms with Gasteiger partial charge in [-0.05, 0) is 37.1 Å². The van der Waals surface area contributed by atoms with Gasteiger partial charge in [0.2, 0.25) is 5.91 Å². The molecule has 0 fully saturated rings. The number of aryl methyl sites for hydroxylation is 1. The molecule has 0 N–H and O–H groups in total. The molecule has 3 rings (SSSR count). The van der Waals surface area contributed by atoms with Crippen LogP contribution in [0.5, 0.6) is 5.75 Å². The standard InChI is InChI=1S/C21H22F3N3O3/c1-3-7-14-16(11-10-15-19(14)30-26-20(15)21(22,23)24)29-13-6-9-18(28)27(2)17-8-4-5-12-25-17/h4-5,8,10-12H,3,6-7,9,13H2,1-2H3. The van der Waals surface area contributed by atoms with Crippen molar-refractivity contribution in [3.8, 4) is 5.75 Å². The SMILES string of the molecule is CCCc1c(OCCCC(=O)N(C)c2ccccn2)ccc2c(C(F)(F)F)noc12. The van der Waals surface area contributed by atoms with Crippen LogP contribution in [-0.2, 0) is 17.4 Å². The van der Waals surface area contributed by atoms with Gasteiger partial charge < -0.3 is 9.26 Å². The smallest absolute Gasteiger partial charge is 0.437 e. The average Bonchev–Trinajstić information content (AvgIpc) is 3.17. The van der Waals surface area contributed by atoms with E-state index in [1.54, 1.807) is 31.4 Å².